The minimum atomic E-state index is -0.526. The molecule has 1 heterocycles. The Morgan fingerprint density at radius 3 is 2.40 bits per heavy atom. The van der Waals surface area contributed by atoms with E-state index in [2.05, 4.69) is 22.5 Å². The van der Waals surface area contributed by atoms with Gasteiger partial charge in [-0.25, -0.2) is 4.79 Å². The molecule has 2 aromatic rings. The molecule has 0 fully saturated rings. The average molecular weight is 341 g/mol. The lowest BCUT2D eigenvalue weighted by atomic mass is 10.1. The van der Waals surface area contributed by atoms with Crippen molar-refractivity contribution in [1.29, 1.82) is 0 Å². The van der Waals surface area contributed by atoms with Crippen LogP contribution in [0.15, 0.2) is 54.9 Å². The number of pyridine rings is 1. The maximum atomic E-state index is 12.2. The number of nitrogens with zero attached hydrogens (tertiary/aromatic N) is 1. The van der Waals surface area contributed by atoms with Crippen molar-refractivity contribution in [2.24, 2.45) is 0 Å². The fraction of sp³-hybridized carbons (Fsp3) is 0.400. The number of ether oxygens (including phenoxy) is 1. The van der Waals surface area contributed by atoms with Crippen molar-refractivity contribution >= 4 is 6.09 Å². The molecule has 0 spiro atoms. The lowest BCUT2D eigenvalue weighted by Crippen LogP contribution is -2.39. The van der Waals surface area contributed by atoms with Gasteiger partial charge in [0.2, 0.25) is 0 Å². The normalized spacial score (nSPS) is 13.8. The van der Waals surface area contributed by atoms with Gasteiger partial charge in [-0.2, -0.15) is 0 Å². The van der Waals surface area contributed by atoms with Crippen LogP contribution in [0.4, 0.5) is 4.79 Å². The molecule has 1 aromatic carbocycles. The van der Waals surface area contributed by atoms with Gasteiger partial charge in [0.1, 0.15) is 5.60 Å². The summed E-state index contributed by atoms with van der Waals surface area (Å²) in [5.41, 5.74) is 1.60. The highest BCUT2D eigenvalue weighted by Crippen LogP contribution is 2.16. The Bertz CT molecular complexity index is 654. The maximum Gasteiger partial charge on any atom is 0.408 e. The van der Waals surface area contributed by atoms with Crippen molar-refractivity contribution in [1.82, 2.24) is 15.6 Å². The topological polar surface area (TPSA) is 63.2 Å². The molecule has 25 heavy (non-hydrogen) atoms. The van der Waals surface area contributed by atoms with Crippen LogP contribution in [-0.4, -0.2) is 23.2 Å². The van der Waals surface area contributed by atoms with E-state index in [1.54, 1.807) is 6.20 Å². The molecule has 1 amide bonds. The number of nitrogens with one attached hydrogen (secondary N) is 2. The van der Waals surface area contributed by atoms with Crippen LogP contribution in [0.1, 0.15) is 50.9 Å². The van der Waals surface area contributed by atoms with Crippen LogP contribution in [0.3, 0.4) is 0 Å². The molecule has 2 rings (SSSR count). The van der Waals surface area contributed by atoms with E-state index in [-0.39, 0.29) is 12.1 Å². The fourth-order valence-electron chi connectivity index (χ4n) is 2.43. The number of hydrogen-bond donors (Lipinski definition) is 2. The van der Waals surface area contributed by atoms with Crippen LogP contribution in [0.2, 0.25) is 0 Å². The Kier molecular flexibility index (Phi) is 6.53. The third kappa shape index (κ3) is 6.55. The van der Waals surface area contributed by atoms with Gasteiger partial charge >= 0.3 is 6.09 Å². The second-order valence-corrected chi connectivity index (χ2v) is 7.03. The number of amides is 1. The average Bonchev–Trinajstić information content (AvgIpc) is 2.58. The van der Waals surface area contributed by atoms with Crippen molar-refractivity contribution in [3.05, 3.63) is 66.0 Å². The van der Waals surface area contributed by atoms with E-state index < -0.39 is 11.7 Å². The summed E-state index contributed by atoms with van der Waals surface area (Å²) >= 11 is 0. The molecule has 0 saturated heterocycles. The number of carbonyl (C=O) groups is 1. The molecule has 0 aliphatic carbocycles. The number of aromatic nitrogens is 1. The van der Waals surface area contributed by atoms with Gasteiger partial charge in [-0.15, -0.1) is 0 Å². The van der Waals surface area contributed by atoms with E-state index in [1.807, 2.05) is 69.4 Å². The second-order valence-electron chi connectivity index (χ2n) is 7.03. The zero-order valence-electron chi connectivity index (χ0n) is 15.3. The summed E-state index contributed by atoms with van der Waals surface area (Å²) in [4.78, 5) is 16.3. The summed E-state index contributed by atoms with van der Waals surface area (Å²) in [7, 11) is 0. The van der Waals surface area contributed by atoms with Crippen LogP contribution in [0, 0.1) is 0 Å². The molecule has 0 aliphatic rings. The molecular formula is C20H27N3O2. The predicted octanol–water partition coefficient (Wildman–Crippen LogP) is 4.00. The molecule has 134 valence electrons. The Balaban J connectivity index is 2.03. The zero-order valence-corrected chi connectivity index (χ0v) is 15.3. The van der Waals surface area contributed by atoms with Gasteiger partial charge in [-0.05, 0) is 44.9 Å². The Morgan fingerprint density at radius 2 is 1.80 bits per heavy atom. The van der Waals surface area contributed by atoms with Crippen LogP contribution in [0.5, 0.6) is 0 Å². The van der Waals surface area contributed by atoms with Gasteiger partial charge in [-0.3, -0.25) is 4.98 Å². The van der Waals surface area contributed by atoms with Crippen molar-refractivity contribution in [3.8, 4) is 0 Å². The lowest BCUT2D eigenvalue weighted by Gasteiger charge is -2.25. The highest BCUT2D eigenvalue weighted by molar-refractivity contribution is 5.68. The molecule has 5 nitrogen and oxygen atoms in total. The second kappa shape index (κ2) is 8.62. The predicted molar refractivity (Wildman–Crippen MR) is 99.2 cm³/mol. The zero-order chi connectivity index (χ0) is 18.3. The standard InChI is InChI=1S/C20H27N3O2/c1-15(17-11-8-12-21-13-17)22-14-18(16-9-6-5-7-10-16)23-19(24)25-20(2,3)4/h5-13,15,18,22H,14H2,1-4H3,(H,23,24). The van der Waals surface area contributed by atoms with E-state index in [1.165, 1.54) is 0 Å². The molecule has 2 atom stereocenters. The smallest absolute Gasteiger partial charge is 0.408 e. The monoisotopic (exact) mass is 341 g/mol. The molecule has 0 saturated carbocycles. The SMILES string of the molecule is CC(NCC(NC(=O)OC(C)(C)C)c1ccccc1)c1cccnc1. The van der Waals surface area contributed by atoms with E-state index in [9.17, 15) is 4.79 Å². The highest BCUT2D eigenvalue weighted by atomic mass is 16.6. The maximum absolute atomic E-state index is 12.2. The van der Waals surface area contributed by atoms with Crippen molar-refractivity contribution in [2.45, 2.75) is 45.4 Å². The molecule has 2 N–H and O–H groups in total. The van der Waals surface area contributed by atoms with Crippen LogP contribution >= 0.6 is 0 Å². The van der Waals surface area contributed by atoms with Gasteiger partial charge < -0.3 is 15.4 Å². The van der Waals surface area contributed by atoms with Gasteiger partial charge in [0.15, 0.2) is 0 Å². The van der Waals surface area contributed by atoms with Gasteiger partial charge in [0.05, 0.1) is 6.04 Å². The van der Waals surface area contributed by atoms with E-state index >= 15 is 0 Å². The third-order valence-corrected chi connectivity index (χ3v) is 3.71. The summed E-state index contributed by atoms with van der Waals surface area (Å²) in [5.74, 6) is 0. The quantitative estimate of drug-likeness (QED) is 0.834. The van der Waals surface area contributed by atoms with Crippen LogP contribution in [0.25, 0.3) is 0 Å². The number of rotatable bonds is 6. The van der Waals surface area contributed by atoms with Gasteiger partial charge in [0, 0.05) is 25.0 Å². The number of carbonyl (C=O) groups excluding carboxylic acids is 1. The van der Waals surface area contributed by atoms with Crippen molar-refractivity contribution in [2.75, 3.05) is 6.54 Å². The Labute approximate surface area is 149 Å². The first-order valence-corrected chi connectivity index (χ1v) is 8.53. The van der Waals surface area contributed by atoms with E-state index in [0.717, 1.165) is 11.1 Å². The first-order valence-electron chi connectivity index (χ1n) is 8.53. The molecule has 2 unspecified atom stereocenters. The Morgan fingerprint density at radius 1 is 1.12 bits per heavy atom. The van der Waals surface area contributed by atoms with Crippen LogP contribution in [-0.2, 0) is 4.74 Å². The minimum absolute atomic E-state index is 0.125. The van der Waals surface area contributed by atoms with E-state index in [0.29, 0.717) is 6.54 Å². The van der Waals surface area contributed by atoms with E-state index in [4.69, 9.17) is 4.74 Å². The minimum Gasteiger partial charge on any atom is -0.444 e. The summed E-state index contributed by atoms with van der Waals surface area (Å²) in [6.07, 6.45) is 3.18. The number of hydrogen-bond acceptors (Lipinski definition) is 4. The molecule has 1 aromatic heterocycles. The first kappa shape index (κ1) is 18.9. The molecular weight excluding hydrogens is 314 g/mol. The first-order chi connectivity index (χ1) is 11.8. The molecule has 0 radical (unpaired) electrons. The van der Waals surface area contributed by atoms with Crippen molar-refractivity contribution in [3.63, 3.8) is 0 Å². The van der Waals surface area contributed by atoms with Crippen LogP contribution < -0.4 is 10.6 Å². The summed E-state index contributed by atoms with van der Waals surface area (Å²) in [5, 5.41) is 6.41. The Hall–Kier alpha value is -2.40. The van der Waals surface area contributed by atoms with Crippen molar-refractivity contribution < 1.29 is 9.53 Å². The van der Waals surface area contributed by atoms with Gasteiger partial charge in [-0.1, -0.05) is 36.4 Å². The third-order valence-electron chi connectivity index (χ3n) is 3.71. The molecule has 0 bridgehead atoms. The molecule has 5 heteroatoms. The van der Waals surface area contributed by atoms with Gasteiger partial charge in [0.25, 0.3) is 0 Å². The highest BCUT2D eigenvalue weighted by Gasteiger charge is 2.21. The summed E-state index contributed by atoms with van der Waals surface area (Å²) in [6.45, 7) is 8.22. The fourth-order valence-corrected chi connectivity index (χ4v) is 2.43. The lowest BCUT2D eigenvalue weighted by molar-refractivity contribution is 0.0502. The summed E-state index contributed by atoms with van der Waals surface area (Å²) in [6, 6.07) is 13.8. The summed E-state index contributed by atoms with van der Waals surface area (Å²) < 4.78 is 5.39. The largest absolute Gasteiger partial charge is 0.444 e. The molecule has 0 aliphatic heterocycles. The number of benzene rings is 1. The number of alkyl carbamates (subject to hydrolysis) is 1.